The van der Waals surface area contributed by atoms with Crippen molar-refractivity contribution >= 4 is 0 Å². The van der Waals surface area contributed by atoms with Crippen LogP contribution in [0.5, 0.6) is 17.2 Å². The van der Waals surface area contributed by atoms with Crippen molar-refractivity contribution in [1.82, 2.24) is 0 Å². The number of hydrogen-bond acceptors (Lipinski definition) is 4. The van der Waals surface area contributed by atoms with Crippen LogP contribution in [0.1, 0.15) is 23.1 Å². The van der Waals surface area contributed by atoms with Gasteiger partial charge in [-0.05, 0) is 95.1 Å². The van der Waals surface area contributed by atoms with E-state index in [-0.39, 0.29) is 28.9 Å². The van der Waals surface area contributed by atoms with Crippen LogP contribution in [0.4, 0.5) is 0 Å². The molecule has 4 N–H and O–H groups in total. The zero-order chi connectivity index (χ0) is 21.1. The molecule has 0 saturated heterocycles. The molecule has 0 aliphatic heterocycles. The van der Waals surface area contributed by atoms with Crippen LogP contribution in [0.2, 0.25) is 0 Å². The summed E-state index contributed by atoms with van der Waals surface area (Å²) in [5.74, 6) is 1.21. The number of allylic oxidation sites excluding steroid dienone is 3. The Morgan fingerprint density at radius 1 is 0.733 bits per heavy atom. The van der Waals surface area contributed by atoms with E-state index in [1.165, 1.54) is 0 Å². The van der Waals surface area contributed by atoms with Gasteiger partial charge in [0.15, 0.2) is 0 Å². The summed E-state index contributed by atoms with van der Waals surface area (Å²) in [5, 5.41) is 39.6. The number of rotatable bonds is 5. The molecule has 4 nitrogen and oxygen atoms in total. The first kappa shape index (κ1) is 19.6. The standard InChI is InChI=1S/C26H24O4/c27-23-7-1-17(2-8-23)13-21-15-19(5-11-25(21)29)20-6-12-26(30)22(16-20)14-18-3-9-24(28)10-4-18/h1-3,5-12,15-16,18,27-30H,4,13-14H2. The summed E-state index contributed by atoms with van der Waals surface area (Å²) in [4.78, 5) is 0. The fourth-order valence-corrected chi connectivity index (χ4v) is 3.76. The van der Waals surface area contributed by atoms with Crippen LogP contribution in [0, 0.1) is 5.92 Å². The molecule has 0 aromatic heterocycles. The molecule has 3 aromatic carbocycles. The highest BCUT2D eigenvalue weighted by molar-refractivity contribution is 5.68. The van der Waals surface area contributed by atoms with Crippen molar-refractivity contribution in [2.45, 2.75) is 19.3 Å². The van der Waals surface area contributed by atoms with Gasteiger partial charge in [-0.25, -0.2) is 0 Å². The van der Waals surface area contributed by atoms with E-state index in [1.807, 2.05) is 42.5 Å². The van der Waals surface area contributed by atoms with Crippen LogP contribution in [0.3, 0.4) is 0 Å². The number of phenols is 3. The molecule has 152 valence electrons. The third-order valence-corrected chi connectivity index (χ3v) is 5.47. The molecule has 3 aromatic rings. The quantitative estimate of drug-likeness (QED) is 0.448. The lowest BCUT2D eigenvalue weighted by molar-refractivity contribution is 0.419. The number of aromatic hydroxyl groups is 3. The number of phenolic OH excluding ortho intramolecular Hbond substituents is 3. The Morgan fingerprint density at radius 2 is 1.37 bits per heavy atom. The largest absolute Gasteiger partial charge is 0.508 e. The molecule has 1 unspecified atom stereocenters. The van der Waals surface area contributed by atoms with Crippen LogP contribution in [-0.2, 0) is 12.8 Å². The SMILES string of the molecule is OC1=CCC(Cc2cc(-c3ccc(O)c(Cc4ccc(O)cc4)c3)ccc2O)C=C1. The Hall–Kier alpha value is -3.66. The maximum absolute atomic E-state index is 10.3. The number of aliphatic hydroxyl groups excluding tert-OH is 1. The van der Waals surface area contributed by atoms with Gasteiger partial charge in [-0.15, -0.1) is 0 Å². The predicted molar refractivity (Wildman–Crippen MR) is 118 cm³/mol. The molecule has 4 heteroatoms. The normalized spacial score (nSPS) is 15.7. The highest BCUT2D eigenvalue weighted by atomic mass is 16.3. The molecule has 0 saturated carbocycles. The molecule has 4 rings (SSSR count). The van der Waals surface area contributed by atoms with Crippen LogP contribution in [0.25, 0.3) is 11.1 Å². The summed E-state index contributed by atoms with van der Waals surface area (Å²) in [6, 6.07) is 18.0. The van der Waals surface area contributed by atoms with Gasteiger partial charge >= 0.3 is 0 Å². The first-order chi connectivity index (χ1) is 14.5. The van der Waals surface area contributed by atoms with Crippen molar-refractivity contribution in [3.05, 3.63) is 101 Å². The minimum Gasteiger partial charge on any atom is -0.508 e. The molecule has 1 aliphatic carbocycles. The lowest BCUT2D eigenvalue weighted by Gasteiger charge is -2.16. The molecular weight excluding hydrogens is 376 g/mol. The van der Waals surface area contributed by atoms with E-state index in [9.17, 15) is 20.4 Å². The molecule has 30 heavy (non-hydrogen) atoms. The Kier molecular flexibility index (Phi) is 5.48. The lowest BCUT2D eigenvalue weighted by atomic mass is 9.90. The van der Waals surface area contributed by atoms with Crippen LogP contribution >= 0.6 is 0 Å². The van der Waals surface area contributed by atoms with Crippen molar-refractivity contribution in [3.63, 3.8) is 0 Å². The molecular formula is C26H24O4. The summed E-state index contributed by atoms with van der Waals surface area (Å²) in [6.45, 7) is 0. The number of hydrogen-bond donors (Lipinski definition) is 4. The van der Waals surface area contributed by atoms with E-state index in [0.717, 1.165) is 34.2 Å². The molecule has 1 aliphatic rings. The highest BCUT2D eigenvalue weighted by Crippen LogP contribution is 2.32. The van der Waals surface area contributed by atoms with Crippen molar-refractivity contribution in [2.75, 3.05) is 0 Å². The third kappa shape index (κ3) is 4.49. The summed E-state index contributed by atoms with van der Waals surface area (Å²) >= 11 is 0. The maximum Gasteiger partial charge on any atom is 0.119 e. The molecule has 0 fully saturated rings. The van der Waals surface area contributed by atoms with Gasteiger partial charge in [0.2, 0.25) is 0 Å². The first-order valence-corrected chi connectivity index (χ1v) is 9.97. The maximum atomic E-state index is 10.3. The molecule has 0 spiro atoms. The van der Waals surface area contributed by atoms with Gasteiger partial charge in [0.25, 0.3) is 0 Å². The number of benzene rings is 3. The van der Waals surface area contributed by atoms with E-state index in [0.29, 0.717) is 12.8 Å². The van der Waals surface area contributed by atoms with Gasteiger partial charge in [0, 0.05) is 6.42 Å². The molecule has 0 amide bonds. The van der Waals surface area contributed by atoms with Gasteiger partial charge < -0.3 is 20.4 Å². The van der Waals surface area contributed by atoms with Crippen molar-refractivity contribution in [1.29, 1.82) is 0 Å². The lowest BCUT2D eigenvalue weighted by Crippen LogP contribution is -2.04. The average molecular weight is 400 g/mol. The van der Waals surface area contributed by atoms with Crippen molar-refractivity contribution in [3.8, 4) is 28.4 Å². The smallest absolute Gasteiger partial charge is 0.119 e. The Balaban J connectivity index is 1.59. The van der Waals surface area contributed by atoms with Gasteiger partial charge in [-0.3, -0.25) is 0 Å². The van der Waals surface area contributed by atoms with Crippen molar-refractivity contribution < 1.29 is 20.4 Å². The second-order valence-corrected chi connectivity index (χ2v) is 7.72. The van der Waals surface area contributed by atoms with Crippen LogP contribution in [0.15, 0.2) is 84.7 Å². The molecule has 1 atom stereocenters. The van der Waals surface area contributed by atoms with Gasteiger partial charge in [0.1, 0.15) is 23.0 Å². The molecule has 0 bridgehead atoms. The average Bonchev–Trinajstić information content (AvgIpc) is 2.74. The van der Waals surface area contributed by atoms with Gasteiger partial charge in [0.05, 0.1) is 0 Å². The summed E-state index contributed by atoms with van der Waals surface area (Å²) in [7, 11) is 0. The summed E-state index contributed by atoms with van der Waals surface area (Å²) in [5.41, 5.74) is 4.56. The Bertz CT molecular complexity index is 1110. The third-order valence-electron chi connectivity index (χ3n) is 5.47. The second kappa shape index (κ2) is 8.37. The minimum atomic E-state index is 0.215. The van der Waals surface area contributed by atoms with E-state index >= 15 is 0 Å². The monoisotopic (exact) mass is 400 g/mol. The van der Waals surface area contributed by atoms with Gasteiger partial charge in [-0.1, -0.05) is 30.3 Å². The van der Waals surface area contributed by atoms with E-state index in [1.54, 1.807) is 36.4 Å². The zero-order valence-corrected chi connectivity index (χ0v) is 16.5. The van der Waals surface area contributed by atoms with E-state index in [2.05, 4.69) is 0 Å². The highest BCUT2D eigenvalue weighted by Gasteiger charge is 2.14. The number of aliphatic hydroxyl groups is 1. The van der Waals surface area contributed by atoms with Crippen LogP contribution < -0.4 is 0 Å². The van der Waals surface area contributed by atoms with Crippen LogP contribution in [-0.4, -0.2) is 20.4 Å². The molecule has 0 radical (unpaired) electrons. The molecule has 0 heterocycles. The summed E-state index contributed by atoms with van der Waals surface area (Å²) in [6.07, 6.45) is 7.43. The van der Waals surface area contributed by atoms with E-state index < -0.39 is 0 Å². The van der Waals surface area contributed by atoms with E-state index in [4.69, 9.17) is 0 Å². The van der Waals surface area contributed by atoms with Gasteiger partial charge in [-0.2, -0.15) is 0 Å². The fraction of sp³-hybridized carbons (Fsp3) is 0.154. The first-order valence-electron chi connectivity index (χ1n) is 9.97. The topological polar surface area (TPSA) is 80.9 Å². The summed E-state index contributed by atoms with van der Waals surface area (Å²) < 4.78 is 0. The van der Waals surface area contributed by atoms with Crippen molar-refractivity contribution in [2.24, 2.45) is 5.92 Å². The fourth-order valence-electron chi connectivity index (χ4n) is 3.76. The Morgan fingerprint density at radius 3 is 2.00 bits per heavy atom. The predicted octanol–water partition coefficient (Wildman–Crippen LogP) is 5.62. The minimum absolute atomic E-state index is 0.215. The second-order valence-electron chi connectivity index (χ2n) is 7.72. The Labute approximate surface area is 175 Å². The zero-order valence-electron chi connectivity index (χ0n) is 16.5.